The van der Waals surface area contributed by atoms with Crippen molar-refractivity contribution in [2.24, 2.45) is 0 Å². The van der Waals surface area contributed by atoms with Gasteiger partial charge in [0.1, 0.15) is 13.2 Å². The van der Waals surface area contributed by atoms with Gasteiger partial charge in [0.2, 0.25) is 0 Å². The zero-order chi connectivity index (χ0) is 7.68. The smallest absolute Gasteiger partial charge is 0.162 e. The number of thiol groups is 1. The minimum Gasteiger partial charge on any atom is -0.486 e. The van der Waals surface area contributed by atoms with Crippen LogP contribution < -0.4 is 9.47 Å². The summed E-state index contributed by atoms with van der Waals surface area (Å²) < 4.78 is 10.6. The van der Waals surface area contributed by atoms with Crippen molar-refractivity contribution in [3.8, 4) is 11.5 Å². The Morgan fingerprint density at radius 2 is 1.82 bits per heavy atom. The van der Waals surface area contributed by atoms with Gasteiger partial charge in [-0.1, -0.05) is 0 Å². The molecule has 2 rings (SSSR count). The second kappa shape index (κ2) is 2.66. The van der Waals surface area contributed by atoms with Crippen LogP contribution in [0.5, 0.6) is 11.5 Å². The van der Waals surface area contributed by atoms with Crippen LogP contribution in [0.4, 0.5) is 0 Å². The maximum atomic E-state index is 5.33. The number of hydrogen-bond donors (Lipinski definition) is 1. The normalized spacial score (nSPS) is 14.6. The maximum absolute atomic E-state index is 5.33. The minimum absolute atomic E-state index is 0.629. The molecule has 0 unspecified atom stereocenters. The second-order valence-corrected chi connectivity index (χ2v) is 2.84. The molecule has 0 atom stereocenters. The van der Waals surface area contributed by atoms with E-state index in [1.165, 1.54) is 0 Å². The van der Waals surface area contributed by atoms with Crippen LogP contribution in [0.2, 0.25) is 0 Å². The van der Waals surface area contributed by atoms with Crippen LogP contribution in [-0.2, 0) is 0 Å². The third-order valence-corrected chi connectivity index (χ3v) is 1.80. The van der Waals surface area contributed by atoms with E-state index in [-0.39, 0.29) is 0 Å². The Labute approximate surface area is 70.5 Å². The molecule has 58 valence electrons. The molecule has 0 bridgehead atoms. The Morgan fingerprint density at radius 1 is 1.09 bits per heavy atom. The molecule has 1 heterocycles. The van der Waals surface area contributed by atoms with E-state index in [2.05, 4.69) is 12.6 Å². The highest BCUT2D eigenvalue weighted by molar-refractivity contribution is 7.80. The van der Waals surface area contributed by atoms with Crippen molar-refractivity contribution < 1.29 is 9.47 Å². The van der Waals surface area contributed by atoms with Crippen LogP contribution in [0.15, 0.2) is 23.1 Å². The molecule has 1 aromatic rings. The summed E-state index contributed by atoms with van der Waals surface area (Å²) in [6.45, 7) is 1.27. The lowest BCUT2D eigenvalue weighted by molar-refractivity contribution is 0.171. The Balaban J connectivity index is 2.43. The first-order valence-electron chi connectivity index (χ1n) is 3.45. The first-order chi connectivity index (χ1) is 5.36. The molecule has 0 fully saturated rings. The van der Waals surface area contributed by atoms with Gasteiger partial charge in [-0.2, -0.15) is 0 Å². The topological polar surface area (TPSA) is 18.5 Å². The summed E-state index contributed by atoms with van der Waals surface area (Å²) in [6.07, 6.45) is 0. The maximum Gasteiger partial charge on any atom is 0.162 e. The molecule has 1 aliphatic rings. The van der Waals surface area contributed by atoms with Crippen molar-refractivity contribution in [2.45, 2.75) is 4.90 Å². The summed E-state index contributed by atoms with van der Waals surface area (Å²) in [5.41, 5.74) is 0. The molecular formula is C8H8O2S. The van der Waals surface area contributed by atoms with Crippen molar-refractivity contribution in [2.75, 3.05) is 13.2 Å². The molecule has 0 saturated heterocycles. The van der Waals surface area contributed by atoms with E-state index in [0.717, 1.165) is 16.4 Å². The zero-order valence-corrected chi connectivity index (χ0v) is 6.80. The van der Waals surface area contributed by atoms with E-state index < -0.39 is 0 Å². The summed E-state index contributed by atoms with van der Waals surface area (Å²) in [5, 5.41) is 0. The fraction of sp³-hybridized carbons (Fsp3) is 0.250. The summed E-state index contributed by atoms with van der Waals surface area (Å²) in [7, 11) is 0. The lowest BCUT2D eigenvalue weighted by Crippen LogP contribution is -2.15. The lowest BCUT2D eigenvalue weighted by atomic mass is 10.3. The van der Waals surface area contributed by atoms with Gasteiger partial charge < -0.3 is 9.47 Å². The summed E-state index contributed by atoms with van der Waals surface area (Å²) in [4.78, 5) is 0.897. The lowest BCUT2D eigenvalue weighted by Gasteiger charge is -2.17. The molecule has 3 heteroatoms. The van der Waals surface area contributed by atoms with E-state index in [4.69, 9.17) is 9.47 Å². The van der Waals surface area contributed by atoms with Gasteiger partial charge in [0.15, 0.2) is 11.5 Å². The van der Waals surface area contributed by atoms with E-state index >= 15 is 0 Å². The number of hydrogen-bond acceptors (Lipinski definition) is 3. The van der Waals surface area contributed by atoms with Gasteiger partial charge >= 0.3 is 0 Å². The third kappa shape index (κ3) is 1.28. The van der Waals surface area contributed by atoms with Crippen LogP contribution in [0.25, 0.3) is 0 Å². The van der Waals surface area contributed by atoms with Gasteiger partial charge in [-0.3, -0.25) is 0 Å². The minimum atomic E-state index is 0.629. The predicted molar refractivity (Wildman–Crippen MR) is 44.7 cm³/mol. The van der Waals surface area contributed by atoms with E-state index in [0.29, 0.717) is 13.2 Å². The highest BCUT2D eigenvalue weighted by Gasteiger charge is 2.09. The Kier molecular flexibility index (Phi) is 1.66. The Hall–Kier alpha value is -0.830. The molecule has 0 N–H and O–H groups in total. The summed E-state index contributed by atoms with van der Waals surface area (Å²) >= 11 is 4.18. The monoisotopic (exact) mass is 168 g/mol. The van der Waals surface area contributed by atoms with Crippen molar-refractivity contribution in [1.29, 1.82) is 0 Å². The van der Waals surface area contributed by atoms with Crippen molar-refractivity contribution in [1.82, 2.24) is 0 Å². The standard InChI is InChI=1S/C8H8O2S/c11-6-1-2-7-8(5-6)10-4-3-9-7/h1-2,5,11H,3-4H2. The predicted octanol–water partition coefficient (Wildman–Crippen LogP) is 1.75. The molecule has 0 spiro atoms. The van der Waals surface area contributed by atoms with Crippen LogP contribution in [0.1, 0.15) is 0 Å². The molecule has 0 radical (unpaired) electrons. The summed E-state index contributed by atoms with van der Waals surface area (Å²) in [6, 6.07) is 5.62. The molecule has 1 aromatic carbocycles. The molecular weight excluding hydrogens is 160 g/mol. The van der Waals surface area contributed by atoms with Gasteiger partial charge in [0.25, 0.3) is 0 Å². The third-order valence-electron chi connectivity index (χ3n) is 1.53. The first kappa shape index (κ1) is 6.85. The van der Waals surface area contributed by atoms with Gasteiger partial charge in [-0.15, -0.1) is 12.6 Å². The van der Waals surface area contributed by atoms with E-state index in [1.54, 1.807) is 0 Å². The first-order valence-corrected chi connectivity index (χ1v) is 3.89. The quantitative estimate of drug-likeness (QED) is 0.595. The molecule has 0 aromatic heterocycles. The van der Waals surface area contributed by atoms with E-state index in [9.17, 15) is 0 Å². The zero-order valence-electron chi connectivity index (χ0n) is 5.91. The highest BCUT2D eigenvalue weighted by Crippen LogP contribution is 2.31. The molecule has 0 aliphatic carbocycles. The fourth-order valence-corrected chi connectivity index (χ4v) is 1.22. The van der Waals surface area contributed by atoms with Crippen molar-refractivity contribution in [3.63, 3.8) is 0 Å². The number of fused-ring (bicyclic) bond motifs is 1. The van der Waals surface area contributed by atoms with Gasteiger partial charge in [-0.25, -0.2) is 0 Å². The number of ether oxygens (including phenoxy) is 2. The van der Waals surface area contributed by atoms with Crippen LogP contribution in [0, 0.1) is 0 Å². The molecule has 0 saturated carbocycles. The van der Waals surface area contributed by atoms with Gasteiger partial charge in [0, 0.05) is 4.90 Å². The molecule has 2 nitrogen and oxygen atoms in total. The van der Waals surface area contributed by atoms with Crippen LogP contribution in [0.3, 0.4) is 0 Å². The van der Waals surface area contributed by atoms with Gasteiger partial charge in [-0.05, 0) is 18.2 Å². The van der Waals surface area contributed by atoms with Gasteiger partial charge in [0.05, 0.1) is 0 Å². The van der Waals surface area contributed by atoms with Crippen LogP contribution >= 0.6 is 12.6 Å². The Morgan fingerprint density at radius 3 is 2.64 bits per heavy atom. The van der Waals surface area contributed by atoms with Crippen molar-refractivity contribution in [3.05, 3.63) is 18.2 Å². The molecule has 0 amide bonds. The molecule has 11 heavy (non-hydrogen) atoms. The number of rotatable bonds is 0. The van der Waals surface area contributed by atoms with Crippen LogP contribution in [-0.4, -0.2) is 13.2 Å². The average Bonchev–Trinajstić information content (AvgIpc) is 2.04. The Bertz CT molecular complexity index is 273. The largest absolute Gasteiger partial charge is 0.486 e. The molecule has 1 aliphatic heterocycles. The second-order valence-electron chi connectivity index (χ2n) is 2.33. The fourth-order valence-electron chi connectivity index (χ4n) is 1.03. The number of benzene rings is 1. The summed E-state index contributed by atoms with van der Waals surface area (Å²) in [5.74, 6) is 1.61. The van der Waals surface area contributed by atoms with Crippen molar-refractivity contribution >= 4 is 12.6 Å². The highest BCUT2D eigenvalue weighted by atomic mass is 32.1. The average molecular weight is 168 g/mol. The van der Waals surface area contributed by atoms with E-state index in [1.807, 2.05) is 18.2 Å². The SMILES string of the molecule is Sc1ccc2c(c1)OCCO2.